The number of rotatable bonds is 5. The van der Waals surface area contributed by atoms with Gasteiger partial charge in [-0.2, -0.15) is 0 Å². The summed E-state index contributed by atoms with van der Waals surface area (Å²) in [5.74, 6) is 0.515. The lowest BCUT2D eigenvalue weighted by Gasteiger charge is -2.18. The molecule has 0 heterocycles. The zero-order valence-electron chi connectivity index (χ0n) is 11.1. The van der Waals surface area contributed by atoms with Gasteiger partial charge in [-0.15, -0.1) is 0 Å². The highest BCUT2D eigenvalue weighted by Gasteiger charge is 2.29. The summed E-state index contributed by atoms with van der Waals surface area (Å²) in [6.45, 7) is 1.68. The van der Waals surface area contributed by atoms with E-state index >= 15 is 0 Å². The molecule has 1 atom stereocenters. The van der Waals surface area contributed by atoms with E-state index in [2.05, 4.69) is 15.9 Å². The minimum Gasteiger partial charge on any atom is -0.483 e. The van der Waals surface area contributed by atoms with Crippen LogP contribution in [0.25, 0.3) is 0 Å². The number of carbonyl (C=O) groups excluding carboxylic acids is 1. The van der Waals surface area contributed by atoms with Crippen LogP contribution in [0.15, 0.2) is 22.7 Å². The van der Waals surface area contributed by atoms with E-state index in [1.54, 1.807) is 31.0 Å². The summed E-state index contributed by atoms with van der Waals surface area (Å²) in [5, 5.41) is 9.68. The zero-order chi connectivity index (χ0) is 14.0. The average molecular weight is 328 g/mol. The predicted molar refractivity (Wildman–Crippen MR) is 76.1 cm³/mol. The third-order valence-corrected chi connectivity index (χ3v) is 3.76. The maximum absolute atomic E-state index is 11.9. The van der Waals surface area contributed by atoms with Crippen LogP contribution in [0.3, 0.4) is 0 Å². The van der Waals surface area contributed by atoms with Gasteiger partial charge in [0.05, 0.1) is 6.10 Å². The summed E-state index contributed by atoms with van der Waals surface area (Å²) in [6.07, 6.45) is 1.54. The van der Waals surface area contributed by atoms with Crippen LogP contribution >= 0.6 is 15.9 Å². The van der Waals surface area contributed by atoms with Crippen molar-refractivity contribution in [3.05, 3.63) is 28.2 Å². The van der Waals surface area contributed by atoms with Crippen LogP contribution in [0.4, 0.5) is 0 Å². The van der Waals surface area contributed by atoms with Gasteiger partial charge in [0.25, 0.3) is 5.91 Å². The molecule has 1 fully saturated rings. The molecule has 1 aliphatic carbocycles. The van der Waals surface area contributed by atoms with Crippen LogP contribution in [0.5, 0.6) is 5.75 Å². The summed E-state index contributed by atoms with van der Waals surface area (Å²) in [6, 6.07) is 5.79. The molecule has 0 unspecified atom stereocenters. The molecule has 1 aromatic carbocycles. The highest BCUT2D eigenvalue weighted by atomic mass is 79.9. The number of ether oxygens (including phenoxy) is 1. The van der Waals surface area contributed by atoms with Gasteiger partial charge in [-0.3, -0.25) is 4.79 Å². The Kier molecular flexibility index (Phi) is 4.47. The van der Waals surface area contributed by atoms with E-state index in [0.717, 1.165) is 17.3 Å². The largest absolute Gasteiger partial charge is 0.483 e. The van der Waals surface area contributed by atoms with E-state index in [4.69, 9.17) is 4.74 Å². The van der Waals surface area contributed by atoms with Crippen LogP contribution < -0.4 is 4.74 Å². The summed E-state index contributed by atoms with van der Waals surface area (Å²) < 4.78 is 6.42. The Morgan fingerprint density at radius 3 is 2.84 bits per heavy atom. The van der Waals surface area contributed by atoms with Gasteiger partial charge >= 0.3 is 0 Å². The van der Waals surface area contributed by atoms with Crippen molar-refractivity contribution in [3.63, 3.8) is 0 Å². The van der Waals surface area contributed by atoms with E-state index in [0.29, 0.717) is 17.4 Å². The third-order valence-electron chi connectivity index (χ3n) is 3.26. The Morgan fingerprint density at radius 2 is 2.26 bits per heavy atom. The second kappa shape index (κ2) is 5.92. The minimum atomic E-state index is -0.626. The van der Waals surface area contributed by atoms with Crippen LogP contribution in [0.1, 0.15) is 31.4 Å². The van der Waals surface area contributed by atoms with Crippen molar-refractivity contribution < 1.29 is 14.6 Å². The fourth-order valence-electron chi connectivity index (χ4n) is 1.89. The first-order chi connectivity index (χ1) is 8.99. The molecule has 4 nitrogen and oxygen atoms in total. The molecule has 104 valence electrons. The predicted octanol–water partition coefficient (Wildman–Crippen LogP) is 2.50. The van der Waals surface area contributed by atoms with Crippen molar-refractivity contribution in [3.8, 4) is 5.75 Å². The van der Waals surface area contributed by atoms with E-state index in [9.17, 15) is 9.90 Å². The zero-order valence-corrected chi connectivity index (χ0v) is 12.7. The molecule has 5 heteroatoms. The first-order valence-electron chi connectivity index (χ1n) is 6.35. The number of nitrogens with zero attached hydrogens (tertiary/aromatic N) is 1. The smallest absolute Gasteiger partial charge is 0.260 e. The van der Waals surface area contributed by atoms with E-state index in [1.807, 2.05) is 6.07 Å². The van der Waals surface area contributed by atoms with Crippen molar-refractivity contribution in [2.75, 3.05) is 13.7 Å². The van der Waals surface area contributed by atoms with Crippen LogP contribution in [0.2, 0.25) is 0 Å². The SMILES string of the molecule is C[C@H](O)c1ccc(Br)cc1OCC(=O)N(C)C1CC1. The quantitative estimate of drug-likeness (QED) is 0.903. The van der Waals surface area contributed by atoms with Crippen molar-refractivity contribution >= 4 is 21.8 Å². The summed E-state index contributed by atoms with van der Waals surface area (Å²) in [4.78, 5) is 13.6. The average Bonchev–Trinajstić information content (AvgIpc) is 3.18. The fraction of sp³-hybridized carbons (Fsp3) is 0.500. The lowest BCUT2D eigenvalue weighted by atomic mass is 10.1. The second-order valence-corrected chi connectivity index (χ2v) is 5.80. The molecule has 0 bridgehead atoms. The van der Waals surface area contributed by atoms with E-state index < -0.39 is 6.10 Å². The van der Waals surface area contributed by atoms with Gasteiger partial charge in [0.2, 0.25) is 0 Å². The maximum atomic E-state index is 11.9. The molecule has 1 amide bonds. The molecular weight excluding hydrogens is 310 g/mol. The third kappa shape index (κ3) is 3.70. The van der Waals surface area contributed by atoms with Gasteiger partial charge in [-0.25, -0.2) is 0 Å². The molecule has 1 N–H and O–H groups in total. The molecule has 0 spiro atoms. The first-order valence-corrected chi connectivity index (χ1v) is 7.14. The molecule has 1 aliphatic rings. The van der Waals surface area contributed by atoms with Gasteiger partial charge in [0.15, 0.2) is 6.61 Å². The molecule has 0 saturated heterocycles. The number of likely N-dealkylation sites (N-methyl/N-ethyl adjacent to an activating group) is 1. The van der Waals surface area contributed by atoms with E-state index in [-0.39, 0.29) is 12.5 Å². The topological polar surface area (TPSA) is 49.8 Å². The maximum Gasteiger partial charge on any atom is 0.260 e. The van der Waals surface area contributed by atoms with Crippen LogP contribution in [0, 0.1) is 0 Å². The molecule has 1 saturated carbocycles. The van der Waals surface area contributed by atoms with Gasteiger partial charge < -0.3 is 14.7 Å². The monoisotopic (exact) mass is 327 g/mol. The van der Waals surface area contributed by atoms with Gasteiger partial charge in [-0.05, 0) is 31.9 Å². The number of aliphatic hydroxyl groups is 1. The summed E-state index contributed by atoms with van der Waals surface area (Å²) in [7, 11) is 1.81. The normalized spacial score (nSPS) is 16.0. The molecular formula is C14H18BrNO3. The molecule has 1 aromatic rings. The van der Waals surface area contributed by atoms with Crippen LogP contribution in [-0.4, -0.2) is 35.6 Å². The lowest BCUT2D eigenvalue weighted by Crippen LogP contribution is -2.33. The number of benzene rings is 1. The fourth-order valence-corrected chi connectivity index (χ4v) is 2.23. The molecule has 0 radical (unpaired) electrons. The second-order valence-electron chi connectivity index (χ2n) is 4.88. The number of amides is 1. The minimum absolute atomic E-state index is 0.00315. The molecule has 2 rings (SSSR count). The van der Waals surface area contributed by atoms with Crippen molar-refractivity contribution in [1.29, 1.82) is 0 Å². The number of aliphatic hydroxyl groups excluding tert-OH is 1. The lowest BCUT2D eigenvalue weighted by molar-refractivity contribution is -0.132. The Balaban J connectivity index is 2.01. The standard InChI is InChI=1S/C14H18BrNO3/c1-9(17)12-6-3-10(15)7-13(12)19-8-14(18)16(2)11-4-5-11/h3,6-7,9,11,17H,4-5,8H2,1-2H3/t9-/m0/s1. The van der Waals surface area contributed by atoms with Crippen molar-refractivity contribution in [2.24, 2.45) is 0 Å². The number of hydrogen-bond donors (Lipinski definition) is 1. The highest BCUT2D eigenvalue weighted by Crippen LogP contribution is 2.29. The Labute approximate surface area is 121 Å². The Bertz CT molecular complexity index is 472. The Hall–Kier alpha value is -1.07. The van der Waals surface area contributed by atoms with Crippen molar-refractivity contribution in [1.82, 2.24) is 4.90 Å². The molecule has 0 aromatic heterocycles. The van der Waals surface area contributed by atoms with Gasteiger partial charge in [0, 0.05) is 23.1 Å². The highest BCUT2D eigenvalue weighted by molar-refractivity contribution is 9.10. The number of carbonyl (C=O) groups is 1. The van der Waals surface area contributed by atoms with Gasteiger partial charge in [-0.1, -0.05) is 22.0 Å². The first kappa shape index (κ1) is 14.3. The molecule has 19 heavy (non-hydrogen) atoms. The Morgan fingerprint density at radius 1 is 1.58 bits per heavy atom. The molecule has 0 aliphatic heterocycles. The van der Waals surface area contributed by atoms with Gasteiger partial charge in [0.1, 0.15) is 5.75 Å². The van der Waals surface area contributed by atoms with E-state index in [1.165, 1.54) is 0 Å². The van der Waals surface area contributed by atoms with Crippen molar-refractivity contribution in [2.45, 2.75) is 31.9 Å². The summed E-state index contributed by atoms with van der Waals surface area (Å²) in [5.41, 5.74) is 0.685. The summed E-state index contributed by atoms with van der Waals surface area (Å²) >= 11 is 3.36. The van der Waals surface area contributed by atoms with Crippen LogP contribution in [-0.2, 0) is 4.79 Å². The number of halogens is 1. The number of hydrogen-bond acceptors (Lipinski definition) is 3.